The number of hydrogen-bond donors (Lipinski definition) is 1. The SMILES string of the molecule is O=C(c1ccccc1Cn1cncn1)N1C[C@H]2CNC[C@H]2C1. The number of amides is 1. The van der Waals surface area contributed by atoms with Crippen LogP contribution in [0.3, 0.4) is 0 Å². The van der Waals surface area contributed by atoms with Gasteiger partial charge in [0.15, 0.2) is 0 Å². The smallest absolute Gasteiger partial charge is 0.254 e. The van der Waals surface area contributed by atoms with Gasteiger partial charge < -0.3 is 10.2 Å². The van der Waals surface area contributed by atoms with Gasteiger partial charge in [0, 0.05) is 31.7 Å². The van der Waals surface area contributed by atoms with Crippen molar-refractivity contribution < 1.29 is 4.79 Å². The van der Waals surface area contributed by atoms with E-state index < -0.39 is 0 Å². The second-order valence-electron chi connectivity index (χ2n) is 6.14. The van der Waals surface area contributed by atoms with Crippen molar-refractivity contribution in [2.75, 3.05) is 26.2 Å². The van der Waals surface area contributed by atoms with E-state index in [-0.39, 0.29) is 5.91 Å². The van der Waals surface area contributed by atoms with Crippen molar-refractivity contribution in [3.8, 4) is 0 Å². The standard InChI is InChI=1S/C16H19N5O/c22-16(20-7-13-5-17-6-14(13)8-20)15-4-2-1-3-12(15)9-21-11-18-10-19-21/h1-4,10-11,13-14,17H,5-9H2/t13-,14+. The van der Waals surface area contributed by atoms with Crippen molar-refractivity contribution in [1.82, 2.24) is 25.0 Å². The molecule has 6 nitrogen and oxygen atoms in total. The van der Waals surface area contributed by atoms with Crippen LogP contribution in [0.15, 0.2) is 36.9 Å². The van der Waals surface area contributed by atoms with Crippen LogP contribution >= 0.6 is 0 Å². The maximum absolute atomic E-state index is 12.9. The van der Waals surface area contributed by atoms with Gasteiger partial charge in [-0.1, -0.05) is 18.2 Å². The Hall–Kier alpha value is -2.21. The van der Waals surface area contributed by atoms with Crippen LogP contribution < -0.4 is 5.32 Å². The summed E-state index contributed by atoms with van der Waals surface area (Å²) >= 11 is 0. The number of nitrogens with zero attached hydrogens (tertiary/aromatic N) is 4. The molecule has 0 aliphatic carbocycles. The minimum absolute atomic E-state index is 0.144. The number of nitrogens with one attached hydrogen (secondary N) is 1. The molecule has 3 heterocycles. The number of carbonyl (C=O) groups is 1. The molecule has 2 atom stereocenters. The van der Waals surface area contributed by atoms with Crippen LogP contribution in [-0.4, -0.2) is 51.8 Å². The fourth-order valence-corrected chi connectivity index (χ4v) is 3.55. The summed E-state index contributed by atoms with van der Waals surface area (Å²) in [6.07, 6.45) is 3.19. The van der Waals surface area contributed by atoms with Gasteiger partial charge >= 0.3 is 0 Å². The van der Waals surface area contributed by atoms with Gasteiger partial charge in [-0.05, 0) is 23.5 Å². The highest BCUT2D eigenvalue weighted by atomic mass is 16.2. The topological polar surface area (TPSA) is 63.1 Å². The van der Waals surface area contributed by atoms with E-state index >= 15 is 0 Å². The molecule has 0 spiro atoms. The number of benzene rings is 1. The van der Waals surface area contributed by atoms with E-state index in [9.17, 15) is 4.79 Å². The van der Waals surface area contributed by atoms with Crippen molar-refractivity contribution in [2.45, 2.75) is 6.54 Å². The summed E-state index contributed by atoms with van der Waals surface area (Å²) in [7, 11) is 0. The molecule has 2 aromatic rings. The molecule has 6 heteroatoms. The van der Waals surface area contributed by atoms with Gasteiger partial charge in [-0.15, -0.1) is 0 Å². The fourth-order valence-electron chi connectivity index (χ4n) is 3.55. The van der Waals surface area contributed by atoms with Gasteiger partial charge in [0.05, 0.1) is 6.54 Å². The van der Waals surface area contributed by atoms with Crippen LogP contribution in [0.1, 0.15) is 15.9 Å². The molecular weight excluding hydrogens is 278 g/mol. The van der Waals surface area contributed by atoms with E-state index in [1.165, 1.54) is 6.33 Å². The Kier molecular flexibility index (Phi) is 3.38. The Morgan fingerprint density at radius 2 is 2.00 bits per heavy atom. The summed E-state index contributed by atoms with van der Waals surface area (Å²) in [6, 6.07) is 7.80. The molecule has 114 valence electrons. The van der Waals surface area contributed by atoms with Crippen LogP contribution in [0.4, 0.5) is 0 Å². The molecule has 22 heavy (non-hydrogen) atoms. The molecule has 0 saturated carbocycles. The largest absolute Gasteiger partial charge is 0.338 e. The van der Waals surface area contributed by atoms with Crippen LogP contribution in [0, 0.1) is 11.8 Å². The summed E-state index contributed by atoms with van der Waals surface area (Å²) < 4.78 is 1.74. The van der Waals surface area contributed by atoms with Crippen molar-refractivity contribution in [3.05, 3.63) is 48.0 Å². The summed E-state index contributed by atoms with van der Waals surface area (Å²) in [5.74, 6) is 1.38. The molecular formula is C16H19N5O. The molecule has 1 aromatic carbocycles. The summed E-state index contributed by atoms with van der Waals surface area (Å²) in [6.45, 7) is 4.39. The number of rotatable bonds is 3. The van der Waals surface area contributed by atoms with E-state index in [0.717, 1.165) is 37.3 Å². The number of fused-ring (bicyclic) bond motifs is 1. The van der Waals surface area contributed by atoms with E-state index in [1.54, 1.807) is 11.0 Å². The van der Waals surface area contributed by atoms with Crippen LogP contribution in [0.25, 0.3) is 0 Å². The maximum Gasteiger partial charge on any atom is 0.254 e. The van der Waals surface area contributed by atoms with Gasteiger partial charge in [0.25, 0.3) is 5.91 Å². The van der Waals surface area contributed by atoms with Gasteiger partial charge in [0.2, 0.25) is 0 Å². The molecule has 0 radical (unpaired) electrons. The van der Waals surface area contributed by atoms with Gasteiger partial charge in [-0.25, -0.2) is 9.67 Å². The summed E-state index contributed by atoms with van der Waals surface area (Å²) in [5.41, 5.74) is 1.78. The first kappa shape index (κ1) is 13.5. The highest BCUT2D eigenvalue weighted by Gasteiger charge is 2.38. The molecule has 2 fully saturated rings. The molecule has 0 unspecified atom stereocenters. The first-order valence-electron chi connectivity index (χ1n) is 7.71. The fraction of sp³-hybridized carbons (Fsp3) is 0.438. The second kappa shape index (κ2) is 5.53. The normalized spacial score (nSPS) is 23.7. The number of carbonyl (C=O) groups excluding carboxylic acids is 1. The average Bonchev–Trinajstić information content (AvgIpc) is 3.23. The zero-order chi connectivity index (χ0) is 14.9. The Labute approximate surface area is 129 Å². The van der Waals surface area contributed by atoms with Crippen molar-refractivity contribution >= 4 is 5.91 Å². The molecule has 1 amide bonds. The van der Waals surface area contributed by atoms with Crippen molar-refractivity contribution in [3.63, 3.8) is 0 Å². The van der Waals surface area contributed by atoms with Crippen molar-refractivity contribution in [1.29, 1.82) is 0 Å². The third-order valence-corrected chi connectivity index (χ3v) is 4.72. The minimum Gasteiger partial charge on any atom is -0.338 e. The lowest BCUT2D eigenvalue weighted by Crippen LogP contribution is -2.32. The molecule has 4 rings (SSSR count). The first-order chi connectivity index (χ1) is 10.8. The Balaban J connectivity index is 1.55. The van der Waals surface area contributed by atoms with E-state index in [0.29, 0.717) is 18.4 Å². The summed E-state index contributed by atoms with van der Waals surface area (Å²) in [4.78, 5) is 18.9. The van der Waals surface area contributed by atoms with E-state index in [1.807, 2.05) is 29.2 Å². The lowest BCUT2D eigenvalue weighted by Gasteiger charge is -2.19. The van der Waals surface area contributed by atoms with Crippen LogP contribution in [0.2, 0.25) is 0 Å². The van der Waals surface area contributed by atoms with E-state index in [2.05, 4.69) is 15.4 Å². The maximum atomic E-state index is 12.9. The molecule has 2 aliphatic heterocycles. The Bertz CT molecular complexity index is 657. The van der Waals surface area contributed by atoms with Crippen molar-refractivity contribution in [2.24, 2.45) is 11.8 Å². The van der Waals surface area contributed by atoms with Crippen LogP contribution in [0.5, 0.6) is 0 Å². The van der Waals surface area contributed by atoms with Gasteiger partial charge in [0.1, 0.15) is 12.7 Å². The highest BCUT2D eigenvalue weighted by molar-refractivity contribution is 5.96. The number of hydrogen-bond acceptors (Lipinski definition) is 4. The predicted octanol–water partition coefficient (Wildman–Crippen LogP) is 0.618. The molecule has 2 saturated heterocycles. The number of likely N-dealkylation sites (tertiary alicyclic amines) is 1. The zero-order valence-electron chi connectivity index (χ0n) is 12.4. The van der Waals surface area contributed by atoms with Crippen LogP contribution in [-0.2, 0) is 6.54 Å². The minimum atomic E-state index is 0.144. The quantitative estimate of drug-likeness (QED) is 0.902. The molecule has 1 N–H and O–H groups in total. The predicted molar refractivity (Wildman–Crippen MR) is 81.3 cm³/mol. The monoisotopic (exact) mass is 297 g/mol. The Morgan fingerprint density at radius 3 is 2.73 bits per heavy atom. The van der Waals surface area contributed by atoms with Gasteiger partial charge in [-0.3, -0.25) is 4.79 Å². The first-order valence-corrected chi connectivity index (χ1v) is 7.71. The van der Waals surface area contributed by atoms with E-state index in [4.69, 9.17) is 0 Å². The second-order valence-corrected chi connectivity index (χ2v) is 6.14. The lowest BCUT2D eigenvalue weighted by molar-refractivity contribution is 0.0780. The molecule has 1 aromatic heterocycles. The molecule has 0 bridgehead atoms. The third kappa shape index (κ3) is 2.39. The highest BCUT2D eigenvalue weighted by Crippen LogP contribution is 2.28. The third-order valence-electron chi connectivity index (χ3n) is 4.72. The number of aromatic nitrogens is 3. The summed E-state index contributed by atoms with van der Waals surface area (Å²) in [5, 5.41) is 7.54. The average molecular weight is 297 g/mol. The molecule has 2 aliphatic rings. The zero-order valence-corrected chi connectivity index (χ0v) is 12.4. The lowest BCUT2D eigenvalue weighted by atomic mass is 10.0. The van der Waals surface area contributed by atoms with Gasteiger partial charge in [-0.2, -0.15) is 5.10 Å². The Morgan fingerprint density at radius 1 is 1.23 bits per heavy atom.